The zero-order chi connectivity index (χ0) is 21.9. The Morgan fingerprint density at radius 1 is 1.06 bits per heavy atom. The van der Waals surface area contributed by atoms with Crippen molar-refractivity contribution in [2.45, 2.75) is 65.5 Å². The number of likely N-dealkylation sites (tertiary alicyclic amines) is 1. The molecule has 0 saturated carbocycles. The fraction of sp³-hybridized carbons (Fsp3) is 0.577. The van der Waals surface area contributed by atoms with Gasteiger partial charge in [-0.1, -0.05) is 37.3 Å². The number of hydrogen-bond donors (Lipinski definition) is 2. The quantitative estimate of drug-likeness (QED) is 0.471. The molecule has 5 nitrogen and oxygen atoms in total. The van der Waals surface area contributed by atoms with E-state index in [2.05, 4.69) is 41.4 Å². The molecule has 2 N–H and O–H groups in total. The molecule has 0 radical (unpaired) electrons. The SMILES string of the molecule is CCCNCCCCOc1c(C)nc(Cc2ccccc2)c(CO)c1CN1CCCC1. The number of nitrogens with one attached hydrogen (secondary N) is 1. The Bertz CT molecular complexity index is 789. The number of aromatic nitrogens is 1. The van der Waals surface area contributed by atoms with Crippen LogP contribution >= 0.6 is 0 Å². The normalized spacial score (nSPS) is 14.3. The van der Waals surface area contributed by atoms with Crippen molar-refractivity contribution < 1.29 is 9.84 Å². The van der Waals surface area contributed by atoms with Crippen LogP contribution in [0.1, 0.15) is 67.1 Å². The molecular weight excluding hydrogens is 386 g/mol. The maximum Gasteiger partial charge on any atom is 0.145 e. The number of rotatable bonds is 13. The van der Waals surface area contributed by atoms with Gasteiger partial charge in [0.25, 0.3) is 0 Å². The molecule has 3 rings (SSSR count). The fourth-order valence-electron chi connectivity index (χ4n) is 4.32. The first-order valence-electron chi connectivity index (χ1n) is 11.9. The van der Waals surface area contributed by atoms with E-state index >= 15 is 0 Å². The Labute approximate surface area is 187 Å². The molecule has 1 saturated heterocycles. The molecule has 0 amide bonds. The summed E-state index contributed by atoms with van der Waals surface area (Å²) in [6.07, 6.45) is 6.51. The predicted octanol–water partition coefficient (Wildman–Crippen LogP) is 4.23. The van der Waals surface area contributed by atoms with Gasteiger partial charge in [0.05, 0.1) is 24.6 Å². The minimum Gasteiger partial charge on any atom is -0.491 e. The van der Waals surface area contributed by atoms with E-state index in [0.717, 1.165) is 80.3 Å². The van der Waals surface area contributed by atoms with Gasteiger partial charge in [0.15, 0.2) is 0 Å². The van der Waals surface area contributed by atoms with E-state index in [4.69, 9.17) is 9.72 Å². The first kappa shape index (κ1) is 23.7. The maximum atomic E-state index is 10.3. The molecule has 1 fully saturated rings. The van der Waals surface area contributed by atoms with E-state index in [0.29, 0.717) is 6.61 Å². The molecule has 2 heterocycles. The first-order valence-corrected chi connectivity index (χ1v) is 11.9. The molecule has 0 aliphatic carbocycles. The lowest BCUT2D eigenvalue weighted by atomic mass is 9.99. The van der Waals surface area contributed by atoms with Crippen molar-refractivity contribution in [3.05, 3.63) is 58.4 Å². The van der Waals surface area contributed by atoms with Crippen molar-refractivity contribution in [1.82, 2.24) is 15.2 Å². The zero-order valence-corrected chi connectivity index (χ0v) is 19.3. The number of hydrogen-bond acceptors (Lipinski definition) is 5. The average Bonchev–Trinajstić information content (AvgIpc) is 3.29. The van der Waals surface area contributed by atoms with Crippen LogP contribution in [0.5, 0.6) is 5.75 Å². The third-order valence-corrected chi connectivity index (χ3v) is 5.99. The molecule has 1 aliphatic rings. The van der Waals surface area contributed by atoms with Gasteiger partial charge in [-0.05, 0) is 70.8 Å². The summed E-state index contributed by atoms with van der Waals surface area (Å²) in [5.41, 5.74) is 5.19. The fourth-order valence-corrected chi connectivity index (χ4v) is 4.32. The van der Waals surface area contributed by atoms with E-state index in [1.54, 1.807) is 0 Å². The predicted molar refractivity (Wildman–Crippen MR) is 127 cm³/mol. The van der Waals surface area contributed by atoms with Crippen LogP contribution in [0.25, 0.3) is 0 Å². The van der Waals surface area contributed by atoms with Gasteiger partial charge in [-0.25, -0.2) is 0 Å². The Kier molecular flexibility index (Phi) is 9.79. The Morgan fingerprint density at radius 2 is 1.84 bits per heavy atom. The van der Waals surface area contributed by atoms with Crippen molar-refractivity contribution >= 4 is 0 Å². The summed E-state index contributed by atoms with van der Waals surface area (Å²) in [5.74, 6) is 0.884. The summed E-state index contributed by atoms with van der Waals surface area (Å²) in [6.45, 7) is 10.1. The van der Waals surface area contributed by atoms with Crippen LogP contribution in [0.3, 0.4) is 0 Å². The molecule has 1 aromatic heterocycles. The van der Waals surface area contributed by atoms with Gasteiger partial charge in [-0.3, -0.25) is 9.88 Å². The topological polar surface area (TPSA) is 57.6 Å². The summed E-state index contributed by atoms with van der Waals surface area (Å²) in [7, 11) is 0. The summed E-state index contributed by atoms with van der Waals surface area (Å²) in [4.78, 5) is 7.37. The monoisotopic (exact) mass is 425 g/mol. The van der Waals surface area contributed by atoms with E-state index in [1.807, 2.05) is 13.0 Å². The van der Waals surface area contributed by atoms with Crippen LogP contribution < -0.4 is 10.1 Å². The van der Waals surface area contributed by atoms with E-state index < -0.39 is 0 Å². The minimum atomic E-state index is -0.00405. The highest BCUT2D eigenvalue weighted by atomic mass is 16.5. The lowest BCUT2D eigenvalue weighted by Gasteiger charge is -2.23. The molecule has 1 aromatic carbocycles. The first-order chi connectivity index (χ1) is 15.2. The van der Waals surface area contributed by atoms with Gasteiger partial charge in [0.2, 0.25) is 0 Å². The lowest BCUT2D eigenvalue weighted by Crippen LogP contribution is -2.22. The second-order valence-corrected chi connectivity index (χ2v) is 8.54. The van der Waals surface area contributed by atoms with E-state index in [-0.39, 0.29) is 6.61 Å². The number of benzene rings is 1. The Balaban J connectivity index is 1.78. The number of aliphatic hydroxyl groups excluding tert-OH is 1. The van der Waals surface area contributed by atoms with Crippen molar-refractivity contribution in [2.24, 2.45) is 0 Å². The van der Waals surface area contributed by atoms with Crippen LogP contribution in [0.4, 0.5) is 0 Å². The van der Waals surface area contributed by atoms with Crippen LogP contribution in [0, 0.1) is 6.92 Å². The van der Waals surface area contributed by atoms with Gasteiger partial charge in [-0.15, -0.1) is 0 Å². The smallest absolute Gasteiger partial charge is 0.145 e. The number of aliphatic hydroxyl groups is 1. The highest BCUT2D eigenvalue weighted by Gasteiger charge is 2.22. The number of pyridine rings is 1. The second-order valence-electron chi connectivity index (χ2n) is 8.54. The van der Waals surface area contributed by atoms with Gasteiger partial charge in [-0.2, -0.15) is 0 Å². The lowest BCUT2D eigenvalue weighted by molar-refractivity contribution is 0.261. The summed E-state index contributed by atoms with van der Waals surface area (Å²) in [6, 6.07) is 10.4. The Hall–Kier alpha value is -1.95. The molecular formula is C26H39N3O2. The number of unbranched alkanes of at least 4 members (excludes halogenated alkanes) is 1. The largest absolute Gasteiger partial charge is 0.491 e. The molecule has 31 heavy (non-hydrogen) atoms. The number of nitrogens with zero attached hydrogens (tertiary/aromatic N) is 2. The Morgan fingerprint density at radius 3 is 2.55 bits per heavy atom. The minimum absolute atomic E-state index is 0.00405. The number of aryl methyl sites for hydroxylation is 1. The maximum absolute atomic E-state index is 10.3. The van der Waals surface area contributed by atoms with E-state index in [1.165, 1.54) is 24.8 Å². The highest BCUT2D eigenvalue weighted by Crippen LogP contribution is 2.31. The molecule has 2 aromatic rings. The van der Waals surface area contributed by atoms with Gasteiger partial charge >= 0.3 is 0 Å². The average molecular weight is 426 g/mol. The standard InChI is InChI=1S/C26H39N3O2/c1-3-13-27-14-7-10-17-31-26-21(2)28-25(18-22-11-5-4-6-12-22)24(20-30)23(26)19-29-15-8-9-16-29/h4-6,11-12,27,30H,3,7-10,13-20H2,1-2H3. The van der Waals surface area contributed by atoms with Crippen molar-refractivity contribution in [2.75, 3.05) is 32.8 Å². The highest BCUT2D eigenvalue weighted by molar-refractivity contribution is 5.46. The van der Waals surface area contributed by atoms with Crippen molar-refractivity contribution in [3.8, 4) is 5.75 Å². The molecule has 0 spiro atoms. The molecule has 170 valence electrons. The summed E-state index contributed by atoms with van der Waals surface area (Å²) < 4.78 is 6.30. The van der Waals surface area contributed by atoms with Crippen molar-refractivity contribution in [1.29, 1.82) is 0 Å². The van der Waals surface area contributed by atoms with Crippen LogP contribution in [-0.2, 0) is 19.6 Å². The third kappa shape index (κ3) is 7.03. The molecule has 1 aliphatic heterocycles. The van der Waals surface area contributed by atoms with Gasteiger partial charge in [0.1, 0.15) is 5.75 Å². The molecule has 0 atom stereocenters. The van der Waals surface area contributed by atoms with Gasteiger partial charge < -0.3 is 15.2 Å². The number of ether oxygens (including phenoxy) is 1. The zero-order valence-electron chi connectivity index (χ0n) is 19.3. The summed E-state index contributed by atoms with van der Waals surface area (Å²) in [5, 5.41) is 13.8. The van der Waals surface area contributed by atoms with Crippen LogP contribution in [-0.4, -0.2) is 47.8 Å². The van der Waals surface area contributed by atoms with Crippen LogP contribution in [0.2, 0.25) is 0 Å². The second kappa shape index (κ2) is 12.8. The summed E-state index contributed by atoms with van der Waals surface area (Å²) >= 11 is 0. The van der Waals surface area contributed by atoms with Crippen LogP contribution in [0.15, 0.2) is 30.3 Å². The molecule has 0 unspecified atom stereocenters. The van der Waals surface area contributed by atoms with E-state index in [9.17, 15) is 5.11 Å². The van der Waals surface area contributed by atoms with Gasteiger partial charge in [0, 0.05) is 24.1 Å². The van der Waals surface area contributed by atoms with Crippen molar-refractivity contribution in [3.63, 3.8) is 0 Å². The molecule has 0 bridgehead atoms. The third-order valence-electron chi connectivity index (χ3n) is 5.99. The molecule has 5 heteroatoms.